The van der Waals surface area contributed by atoms with Gasteiger partial charge in [0.15, 0.2) is 11.5 Å². The maximum Gasteiger partial charge on any atom is 0.221 e. The van der Waals surface area contributed by atoms with Crippen molar-refractivity contribution < 1.29 is 19.0 Å². The molecule has 26 heavy (non-hydrogen) atoms. The van der Waals surface area contributed by atoms with E-state index in [1.165, 1.54) is 5.56 Å². The fourth-order valence-corrected chi connectivity index (χ4v) is 3.36. The van der Waals surface area contributed by atoms with Gasteiger partial charge >= 0.3 is 0 Å². The van der Waals surface area contributed by atoms with Crippen molar-refractivity contribution in [2.45, 2.75) is 18.7 Å². The molecule has 0 fully saturated rings. The van der Waals surface area contributed by atoms with Gasteiger partial charge in [-0.3, -0.25) is 4.79 Å². The molecule has 6 heteroatoms. The lowest BCUT2D eigenvalue weighted by Crippen LogP contribution is -2.23. The Morgan fingerprint density at radius 1 is 0.962 bits per heavy atom. The zero-order valence-corrected chi connectivity index (χ0v) is 16.2. The normalized spacial score (nSPS) is 10.3. The monoisotopic (exact) mass is 375 g/mol. The number of amides is 1. The first-order valence-corrected chi connectivity index (χ1v) is 9.50. The van der Waals surface area contributed by atoms with Crippen molar-refractivity contribution in [1.29, 1.82) is 0 Å². The molecule has 0 aliphatic carbocycles. The molecule has 0 saturated heterocycles. The van der Waals surface area contributed by atoms with E-state index < -0.39 is 0 Å². The molecule has 1 amide bonds. The van der Waals surface area contributed by atoms with E-state index in [1.54, 1.807) is 33.1 Å². The Morgan fingerprint density at radius 2 is 1.62 bits per heavy atom. The average molecular weight is 375 g/mol. The predicted octanol–water partition coefficient (Wildman–Crippen LogP) is 3.65. The number of nitrogens with one attached hydrogen (secondary N) is 1. The minimum Gasteiger partial charge on any atom is -0.493 e. The predicted molar refractivity (Wildman–Crippen MR) is 105 cm³/mol. The highest BCUT2D eigenvalue weighted by atomic mass is 32.2. The molecule has 0 saturated carbocycles. The van der Waals surface area contributed by atoms with Gasteiger partial charge in [0.05, 0.1) is 21.3 Å². The minimum absolute atomic E-state index is 0.0271. The Labute approximate surface area is 159 Å². The van der Waals surface area contributed by atoms with Crippen LogP contribution >= 0.6 is 11.8 Å². The first kappa shape index (κ1) is 20.0. The van der Waals surface area contributed by atoms with Gasteiger partial charge in [0.25, 0.3) is 0 Å². The topological polar surface area (TPSA) is 56.8 Å². The average Bonchev–Trinajstić information content (AvgIpc) is 2.69. The van der Waals surface area contributed by atoms with Gasteiger partial charge in [-0.25, -0.2) is 0 Å². The minimum atomic E-state index is 0.0271. The van der Waals surface area contributed by atoms with Gasteiger partial charge in [-0.1, -0.05) is 30.3 Å². The molecule has 0 spiro atoms. The fraction of sp³-hybridized carbons (Fsp3) is 0.350. The second-order valence-corrected chi connectivity index (χ2v) is 6.70. The van der Waals surface area contributed by atoms with Crippen molar-refractivity contribution >= 4 is 17.7 Å². The molecule has 1 N–H and O–H groups in total. The summed E-state index contributed by atoms with van der Waals surface area (Å²) in [7, 11) is 4.71. The third-order valence-electron chi connectivity index (χ3n) is 3.80. The Kier molecular flexibility index (Phi) is 8.15. The highest BCUT2D eigenvalue weighted by Crippen LogP contribution is 2.38. The molecule has 2 rings (SSSR count). The molecule has 140 valence electrons. The summed E-state index contributed by atoms with van der Waals surface area (Å²) in [6, 6.07) is 13.9. The van der Waals surface area contributed by atoms with Gasteiger partial charge in [0, 0.05) is 24.5 Å². The molecule has 0 aliphatic heterocycles. The van der Waals surface area contributed by atoms with Crippen LogP contribution in [0.15, 0.2) is 42.5 Å². The van der Waals surface area contributed by atoms with Crippen LogP contribution in [0.2, 0.25) is 0 Å². The zero-order valence-electron chi connectivity index (χ0n) is 15.4. The van der Waals surface area contributed by atoms with Crippen LogP contribution in [0.5, 0.6) is 17.2 Å². The van der Waals surface area contributed by atoms with Crippen LogP contribution in [-0.4, -0.2) is 33.0 Å². The summed E-state index contributed by atoms with van der Waals surface area (Å²) < 4.78 is 16.0. The van der Waals surface area contributed by atoms with Gasteiger partial charge in [0.1, 0.15) is 0 Å². The number of ether oxygens (including phenoxy) is 3. The van der Waals surface area contributed by atoms with Crippen LogP contribution in [-0.2, 0) is 17.1 Å². The van der Waals surface area contributed by atoms with Gasteiger partial charge in [0.2, 0.25) is 11.7 Å². The van der Waals surface area contributed by atoms with E-state index in [9.17, 15) is 4.79 Å². The van der Waals surface area contributed by atoms with Crippen LogP contribution < -0.4 is 19.5 Å². The lowest BCUT2D eigenvalue weighted by Gasteiger charge is -2.14. The summed E-state index contributed by atoms with van der Waals surface area (Å²) in [5.41, 5.74) is 2.17. The molecule has 0 bridgehead atoms. The third kappa shape index (κ3) is 5.88. The van der Waals surface area contributed by atoms with Crippen LogP contribution in [0.1, 0.15) is 17.5 Å². The van der Waals surface area contributed by atoms with Crippen molar-refractivity contribution in [3.63, 3.8) is 0 Å². The molecule has 0 atom stereocenters. The molecular formula is C20H25NO4S. The molecule has 2 aromatic rings. The molecule has 0 aromatic heterocycles. The number of carbonyl (C=O) groups excluding carboxylic acids is 1. The molecule has 0 aliphatic rings. The second-order valence-electron chi connectivity index (χ2n) is 5.60. The van der Waals surface area contributed by atoms with Gasteiger partial charge < -0.3 is 19.5 Å². The standard InChI is InChI=1S/C20H25NO4S/c1-23-17-11-16(12-18(24-2)20(17)25-3)13-21-19(22)9-10-26-14-15-7-5-4-6-8-15/h4-8,11-12H,9-10,13-14H2,1-3H3,(H,21,22). The van der Waals surface area contributed by atoms with Crippen LogP contribution in [0.25, 0.3) is 0 Å². The highest BCUT2D eigenvalue weighted by Gasteiger charge is 2.13. The van der Waals surface area contributed by atoms with E-state index in [4.69, 9.17) is 14.2 Å². The van der Waals surface area contributed by atoms with E-state index in [0.717, 1.165) is 17.1 Å². The zero-order chi connectivity index (χ0) is 18.8. The number of hydrogen-bond acceptors (Lipinski definition) is 5. The van der Waals surface area contributed by atoms with Crippen molar-refractivity contribution in [3.8, 4) is 17.2 Å². The number of hydrogen-bond donors (Lipinski definition) is 1. The maximum absolute atomic E-state index is 12.0. The largest absolute Gasteiger partial charge is 0.493 e. The quantitative estimate of drug-likeness (QED) is 0.643. The Balaban J connectivity index is 1.79. The summed E-state index contributed by atoms with van der Waals surface area (Å²) in [4.78, 5) is 12.0. The third-order valence-corrected chi connectivity index (χ3v) is 4.83. The van der Waals surface area contributed by atoms with Gasteiger partial charge in [-0.05, 0) is 23.3 Å². The van der Waals surface area contributed by atoms with Crippen molar-refractivity contribution in [1.82, 2.24) is 5.32 Å². The second kappa shape index (κ2) is 10.6. The molecule has 0 radical (unpaired) electrons. The van der Waals surface area contributed by atoms with E-state index in [2.05, 4.69) is 17.4 Å². The SMILES string of the molecule is COc1cc(CNC(=O)CCSCc2ccccc2)cc(OC)c1OC. The van der Waals surface area contributed by atoms with Gasteiger partial charge in [-0.15, -0.1) is 0 Å². The maximum atomic E-state index is 12.0. The summed E-state index contributed by atoms with van der Waals surface area (Å²) in [6.45, 7) is 0.416. The van der Waals surface area contributed by atoms with E-state index in [0.29, 0.717) is 30.2 Å². The fourth-order valence-electron chi connectivity index (χ4n) is 2.46. The number of rotatable bonds is 10. The number of methoxy groups -OCH3 is 3. The summed E-state index contributed by atoms with van der Waals surface area (Å²) in [5.74, 6) is 3.43. The number of carbonyl (C=O) groups is 1. The summed E-state index contributed by atoms with van der Waals surface area (Å²) in [6.07, 6.45) is 0.488. The van der Waals surface area contributed by atoms with Crippen molar-refractivity contribution in [2.75, 3.05) is 27.1 Å². The van der Waals surface area contributed by atoms with Crippen LogP contribution in [0, 0.1) is 0 Å². The summed E-state index contributed by atoms with van der Waals surface area (Å²) in [5, 5.41) is 2.93. The lowest BCUT2D eigenvalue weighted by molar-refractivity contribution is -0.120. The van der Waals surface area contributed by atoms with Crippen molar-refractivity contribution in [3.05, 3.63) is 53.6 Å². The van der Waals surface area contributed by atoms with E-state index in [1.807, 2.05) is 30.3 Å². The molecule has 5 nitrogen and oxygen atoms in total. The van der Waals surface area contributed by atoms with E-state index >= 15 is 0 Å². The Bertz CT molecular complexity index is 681. The number of benzene rings is 2. The summed E-state index contributed by atoms with van der Waals surface area (Å²) >= 11 is 1.76. The highest BCUT2D eigenvalue weighted by molar-refractivity contribution is 7.98. The number of thioether (sulfide) groups is 1. The first-order valence-electron chi connectivity index (χ1n) is 8.35. The first-order chi connectivity index (χ1) is 12.7. The smallest absolute Gasteiger partial charge is 0.221 e. The molecular weight excluding hydrogens is 350 g/mol. The Morgan fingerprint density at radius 3 is 2.19 bits per heavy atom. The van der Waals surface area contributed by atoms with Crippen LogP contribution in [0.3, 0.4) is 0 Å². The lowest BCUT2D eigenvalue weighted by atomic mass is 10.1. The van der Waals surface area contributed by atoms with Crippen molar-refractivity contribution in [2.24, 2.45) is 0 Å². The van der Waals surface area contributed by atoms with Gasteiger partial charge in [-0.2, -0.15) is 11.8 Å². The molecule has 0 heterocycles. The van der Waals surface area contributed by atoms with E-state index in [-0.39, 0.29) is 5.91 Å². The van der Waals surface area contributed by atoms with Crippen LogP contribution in [0.4, 0.5) is 0 Å². The Hall–Kier alpha value is -2.34. The molecule has 2 aromatic carbocycles. The molecule has 0 unspecified atom stereocenters.